The van der Waals surface area contributed by atoms with Crippen LogP contribution in [0.3, 0.4) is 0 Å². The molecule has 0 aromatic heterocycles. The predicted octanol–water partition coefficient (Wildman–Crippen LogP) is 3.19. The summed E-state index contributed by atoms with van der Waals surface area (Å²) < 4.78 is 0. The van der Waals surface area contributed by atoms with Crippen molar-refractivity contribution in [1.29, 1.82) is 0 Å². The predicted molar refractivity (Wildman–Crippen MR) is 119 cm³/mol. The molecule has 0 saturated heterocycles. The number of nitrogens with one attached hydrogen (secondary N) is 4. The number of hydrogen-bond donors (Lipinski definition) is 4. The minimum atomic E-state index is 0. The maximum atomic E-state index is 3.42. The first kappa shape index (κ1) is 35.8. The molecule has 0 unspecified atom stereocenters. The van der Waals surface area contributed by atoms with E-state index in [1.54, 1.807) is 0 Å². The lowest BCUT2D eigenvalue weighted by molar-refractivity contribution is 0.606. The van der Waals surface area contributed by atoms with Crippen molar-refractivity contribution < 1.29 is 0 Å². The van der Waals surface area contributed by atoms with Crippen LogP contribution in [-0.2, 0) is 0 Å². The van der Waals surface area contributed by atoms with E-state index in [1.807, 2.05) is 0 Å². The Bertz CT molecular complexity index is 191. The van der Waals surface area contributed by atoms with E-state index in [0.29, 0.717) is 0 Å². The van der Waals surface area contributed by atoms with Crippen molar-refractivity contribution in [2.45, 2.75) is 39.5 Å². The molecular formula is C16H40Cl4N4. The summed E-state index contributed by atoms with van der Waals surface area (Å²) in [4.78, 5) is 0. The Morgan fingerprint density at radius 3 is 1.17 bits per heavy atom. The van der Waals surface area contributed by atoms with Crippen molar-refractivity contribution in [2.24, 2.45) is 0 Å². The van der Waals surface area contributed by atoms with Gasteiger partial charge in [-0.25, -0.2) is 0 Å². The van der Waals surface area contributed by atoms with E-state index in [2.05, 4.69) is 47.3 Å². The fourth-order valence-electron chi connectivity index (χ4n) is 1.82. The third-order valence-electron chi connectivity index (χ3n) is 2.96. The Morgan fingerprint density at radius 2 is 0.833 bits per heavy atom. The zero-order chi connectivity index (χ0) is 14.7. The van der Waals surface area contributed by atoms with Crippen molar-refractivity contribution in [3.05, 3.63) is 12.2 Å². The van der Waals surface area contributed by atoms with E-state index >= 15 is 0 Å². The van der Waals surface area contributed by atoms with Gasteiger partial charge in [0.25, 0.3) is 0 Å². The third-order valence-corrected chi connectivity index (χ3v) is 2.96. The Balaban J connectivity index is -0.000000301. The molecule has 8 heteroatoms. The van der Waals surface area contributed by atoms with Crippen LogP contribution in [0.2, 0.25) is 0 Å². The summed E-state index contributed by atoms with van der Waals surface area (Å²) in [5.74, 6) is 0. The summed E-state index contributed by atoms with van der Waals surface area (Å²) in [7, 11) is 0. The highest BCUT2D eigenvalue weighted by Crippen LogP contribution is 1.78. The lowest BCUT2D eigenvalue weighted by Gasteiger charge is -2.04. The smallest absolute Gasteiger partial charge is 0.0135 e. The van der Waals surface area contributed by atoms with E-state index in [0.717, 1.165) is 52.4 Å². The molecule has 0 aromatic rings. The fraction of sp³-hybridized carbons (Fsp3) is 0.875. The van der Waals surface area contributed by atoms with Crippen LogP contribution in [-0.4, -0.2) is 52.4 Å². The molecule has 152 valence electrons. The first-order valence-electron chi connectivity index (χ1n) is 8.39. The van der Waals surface area contributed by atoms with Crippen LogP contribution in [0.1, 0.15) is 39.5 Å². The first-order chi connectivity index (χ1) is 9.91. The summed E-state index contributed by atoms with van der Waals surface area (Å²) in [5, 5.41) is 13.7. The molecule has 0 heterocycles. The van der Waals surface area contributed by atoms with Gasteiger partial charge < -0.3 is 21.3 Å². The van der Waals surface area contributed by atoms with Gasteiger partial charge in [-0.2, -0.15) is 0 Å². The van der Waals surface area contributed by atoms with Crippen molar-refractivity contribution in [2.75, 3.05) is 52.4 Å². The molecule has 0 saturated carbocycles. The van der Waals surface area contributed by atoms with Crippen LogP contribution in [0.25, 0.3) is 0 Å². The molecule has 0 aliphatic carbocycles. The quantitative estimate of drug-likeness (QED) is 0.225. The van der Waals surface area contributed by atoms with E-state index in [1.165, 1.54) is 25.7 Å². The van der Waals surface area contributed by atoms with Gasteiger partial charge in [-0.05, 0) is 65.0 Å². The second kappa shape index (κ2) is 35.0. The molecule has 24 heavy (non-hydrogen) atoms. The van der Waals surface area contributed by atoms with Gasteiger partial charge in [-0.15, -0.1) is 49.6 Å². The van der Waals surface area contributed by atoms with E-state index in [9.17, 15) is 0 Å². The highest BCUT2D eigenvalue weighted by molar-refractivity contribution is 5.86. The molecule has 0 radical (unpaired) electrons. The normalized spacial score (nSPS) is 9.58. The third kappa shape index (κ3) is 34.2. The lowest BCUT2D eigenvalue weighted by atomic mass is 10.3. The van der Waals surface area contributed by atoms with E-state index in [4.69, 9.17) is 0 Å². The second-order valence-corrected chi connectivity index (χ2v) is 5.09. The minimum Gasteiger partial charge on any atom is -0.317 e. The topological polar surface area (TPSA) is 48.1 Å². The second-order valence-electron chi connectivity index (χ2n) is 5.09. The van der Waals surface area contributed by atoms with Crippen LogP contribution in [0.5, 0.6) is 0 Å². The Labute approximate surface area is 174 Å². The molecular weight excluding hydrogens is 390 g/mol. The molecule has 0 bridgehead atoms. The van der Waals surface area contributed by atoms with Crippen LogP contribution in [0.4, 0.5) is 0 Å². The summed E-state index contributed by atoms with van der Waals surface area (Å²) in [6, 6.07) is 0. The number of rotatable bonds is 16. The fourth-order valence-corrected chi connectivity index (χ4v) is 1.82. The SMILES string of the molecule is CCCNCCCNC/C=C/CNCCCNCCC.Cl.Cl.Cl.Cl. The maximum Gasteiger partial charge on any atom is 0.0135 e. The molecule has 0 spiro atoms. The Kier molecular flexibility index (Phi) is 52.1. The van der Waals surface area contributed by atoms with Crippen LogP contribution in [0, 0.1) is 0 Å². The molecule has 0 rings (SSSR count). The first-order valence-corrected chi connectivity index (χ1v) is 8.39. The zero-order valence-corrected chi connectivity index (χ0v) is 18.5. The van der Waals surface area contributed by atoms with Gasteiger partial charge in [0, 0.05) is 13.1 Å². The molecule has 0 aromatic carbocycles. The van der Waals surface area contributed by atoms with Gasteiger partial charge in [-0.3, -0.25) is 0 Å². The van der Waals surface area contributed by atoms with Gasteiger partial charge in [0.15, 0.2) is 0 Å². The monoisotopic (exact) mass is 428 g/mol. The molecule has 0 amide bonds. The van der Waals surface area contributed by atoms with Gasteiger partial charge in [-0.1, -0.05) is 26.0 Å². The van der Waals surface area contributed by atoms with Crippen molar-refractivity contribution in [3.8, 4) is 0 Å². The average molecular weight is 430 g/mol. The van der Waals surface area contributed by atoms with Crippen molar-refractivity contribution in [1.82, 2.24) is 21.3 Å². The molecule has 0 atom stereocenters. The summed E-state index contributed by atoms with van der Waals surface area (Å²) in [5.41, 5.74) is 0. The minimum absolute atomic E-state index is 0. The summed E-state index contributed by atoms with van der Waals surface area (Å²) in [6.45, 7) is 13.1. The van der Waals surface area contributed by atoms with Crippen LogP contribution in [0.15, 0.2) is 12.2 Å². The largest absolute Gasteiger partial charge is 0.317 e. The lowest BCUT2D eigenvalue weighted by Crippen LogP contribution is -2.23. The van der Waals surface area contributed by atoms with Gasteiger partial charge in [0.05, 0.1) is 0 Å². The highest BCUT2D eigenvalue weighted by atomic mass is 35.5. The van der Waals surface area contributed by atoms with Crippen LogP contribution < -0.4 is 21.3 Å². The van der Waals surface area contributed by atoms with Crippen molar-refractivity contribution in [3.63, 3.8) is 0 Å². The standard InChI is InChI=1S/C16H36N4.4ClH/c1-3-9-17-13-7-15-19-11-5-6-12-20-16-8-14-18-10-4-2;;;;/h5-6,17-20H,3-4,7-16H2,1-2H3;4*1H/b6-5+;;;;. The van der Waals surface area contributed by atoms with Gasteiger partial charge in [0.2, 0.25) is 0 Å². The van der Waals surface area contributed by atoms with E-state index in [-0.39, 0.29) is 49.6 Å². The molecule has 4 nitrogen and oxygen atoms in total. The average Bonchev–Trinajstić information content (AvgIpc) is 2.47. The van der Waals surface area contributed by atoms with E-state index < -0.39 is 0 Å². The summed E-state index contributed by atoms with van der Waals surface area (Å²) >= 11 is 0. The van der Waals surface area contributed by atoms with Crippen LogP contribution >= 0.6 is 49.6 Å². The highest BCUT2D eigenvalue weighted by Gasteiger charge is 1.87. The molecule has 4 N–H and O–H groups in total. The number of hydrogen-bond acceptors (Lipinski definition) is 4. The summed E-state index contributed by atoms with van der Waals surface area (Å²) in [6.07, 6.45) is 9.27. The maximum absolute atomic E-state index is 3.42. The van der Waals surface area contributed by atoms with Gasteiger partial charge in [0.1, 0.15) is 0 Å². The zero-order valence-electron chi connectivity index (χ0n) is 15.3. The molecule has 0 aliphatic heterocycles. The van der Waals surface area contributed by atoms with Crippen molar-refractivity contribution >= 4 is 49.6 Å². The number of halogens is 4. The Morgan fingerprint density at radius 1 is 0.500 bits per heavy atom. The molecule has 0 fully saturated rings. The molecule has 0 aliphatic rings. The Hall–Kier alpha value is 0.740. The van der Waals surface area contributed by atoms with Gasteiger partial charge >= 0.3 is 0 Å².